The second-order valence-corrected chi connectivity index (χ2v) is 6.91. The van der Waals surface area contributed by atoms with Gasteiger partial charge in [-0.25, -0.2) is 18.2 Å². The molecule has 0 bridgehead atoms. The largest absolute Gasteiger partial charge is 0.240 e. The second kappa shape index (κ2) is 5.71. The zero-order valence-corrected chi connectivity index (χ0v) is 13.7. The van der Waals surface area contributed by atoms with Gasteiger partial charge in [0.25, 0.3) is 0 Å². The summed E-state index contributed by atoms with van der Waals surface area (Å²) in [6, 6.07) is 10.4. The fourth-order valence-electron chi connectivity index (χ4n) is 3.04. The van der Waals surface area contributed by atoms with E-state index in [2.05, 4.69) is 11.1 Å². The SMILES string of the molecule is N#Cc1ccc(-c2csc(C3(c4c(F)cc(F)cc4F)CC3)n2)cc1. The van der Waals surface area contributed by atoms with Crippen LogP contribution < -0.4 is 0 Å². The van der Waals surface area contributed by atoms with Gasteiger partial charge in [-0.2, -0.15) is 5.26 Å². The monoisotopic (exact) mass is 356 g/mol. The Morgan fingerprint density at radius 3 is 2.24 bits per heavy atom. The van der Waals surface area contributed by atoms with Crippen LogP contribution in [-0.4, -0.2) is 4.98 Å². The molecular weight excluding hydrogens is 345 g/mol. The summed E-state index contributed by atoms with van der Waals surface area (Å²) in [5.74, 6) is -2.66. The Morgan fingerprint density at radius 2 is 1.68 bits per heavy atom. The lowest BCUT2D eigenvalue weighted by Crippen LogP contribution is -2.14. The lowest BCUT2D eigenvalue weighted by molar-refractivity contribution is 0.509. The lowest BCUT2D eigenvalue weighted by Gasteiger charge is -2.15. The minimum Gasteiger partial charge on any atom is -0.240 e. The molecule has 0 spiro atoms. The normalized spacial score (nSPS) is 15.0. The maximum Gasteiger partial charge on any atom is 0.133 e. The molecule has 0 radical (unpaired) electrons. The van der Waals surface area contributed by atoms with Gasteiger partial charge >= 0.3 is 0 Å². The first-order valence-electron chi connectivity index (χ1n) is 7.65. The Morgan fingerprint density at radius 1 is 1.04 bits per heavy atom. The van der Waals surface area contributed by atoms with Crippen LogP contribution in [0.25, 0.3) is 11.3 Å². The molecular formula is C19H11F3N2S. The third-order valence-electron chi connectivity index (χ3n) is 4.46. The van der Waals surface area contributed by atoms with Crippen molar-refractivity contribution in [2.24, 2.45) is 0 Å². The van der Waals surface area contributed by atoms with Crippen molar-refractivity contribution in [2.75, 3.05) is 0 Å². The van der Waals surface area contributed by atoms with Gasteiger partial charge in [-0.1, -0.05) is 12.1 Å². The van der Waals surface area contributed by atoms with Gasteiger partial charge in [0.15, 0.2) is 0 Å². The summed E-state index contributed by atoms with van der Waals surface area (Å²) in [6.45, 7) is 0. The topological polar surface area (TPSA) is 36.7 Å². The van der Waals surface area contributed by atoms with Gasteiger partial charge in [0, 0.05) is 28.6 Å². The van der Waals surface area contributed by atoms with E-state index in [4.69, 9.17) is 5.26 Å². The summed E-state index contributed by atoms with van der Waals surface area (Å²) in [7, 11) is 0. The van der Waals surface area contributed by atoms with Crippen molar-refractivity contribution >= 4 is 11.3 Å². The van der Waals surface area contributed by atoms with Crippen molar-refractivity contribution in [1.29, 1.82) is 5.26 Å². The Hall–Kier alpha value is -2.65. The van der Waals surface area contributed by atoms with Crippen molar-refractivity contribution < 1.29 is 13.2 Å². The van der Waals surface area contributed by atoms with Crippen LogP contribution in [0.1, 0.15) is 29.0 Å². The van der Waals surface area contributed by atoms with E-state index < -0.39 is 22.9 Å². The molecule has 3 aromatic rings. The summed E-state index contributed by atoms with van der Waals surface area (Å²) >= 11 is 1.34. The van der Waals surface area contributed by atoms with E-state index in [0.29, 0.717) is 41.2 Å². The molecule has 6 heteroatoms. The van der Waals surface area contributed by atoms with Crippen LogP contribution in [0, 0.1) is 28.8 Å². The molecule has 0 amide bonds. The third-order valence-corrected chi connectivity index (χ3v) is 5.51. The highest BCUT2D eigenvalue weighted by molar-refractivity contribution is 7.10. The van der Waals surface area contributed by atoms with Gasteiger partial charge in [0.05, 0.1) is 22.7 Å². The summed E-state index contributed by atoms with van der Waals surface area (Å²) in [5.41, 5.74) is 1.16. The van der Waals surface area contributed by atoms with Crippen LogP contribution in [0.4, 0.5) is 13.2 Å². The summed E-state index contributed by atoms with van der Waals surface area (Å²) in [4.78, 5) is 4.56. The highest BCUT2D eigenvalue weighted by atomic mass is 32.1. The van der Waals surface area contributed by atoms with E-state index in [-0.39, 0.29) is 5.56 Å². The maximum atomic E-state index is 14.2. The molecule has 1 saturated carbocycles. The Labute approximate surface area is 146 Å². The van der Waals surface area contributed by atoms with Crippen molar-refractivity contribution in [2.45, 2.75) is 18.3 Å². The number of nitriles is 1. The predicted octanol–water partition coefficient (Wildman–Crippen LogP) is 5.18. The van der Waals surface area contributed by atoms with E-state index in [1.54, 1.807) is 24.3 Å². The minimum absolute atomic E-state index is 0.102. The number of halogens is 3. The highest BCUT2D eigenvalue weighted by Crippen LogP contribution is 2.56. The molecule has 2 nitrogen and oxygen atoms in total. The van der Waals surface area contributed by atoms with E-state index in [9.17, 15) is 13.2 Å². The third kappa shape index (κ3) is 2.61. The molecule has 1 aromatic heterocycles. The standard InChI is InChI=1S/C19H11F3N2S/c20-13-7-14(21)17(15(22)8-13)19(5-6-19)18-24-16(10-25-18)12-3-1-11(9-23)2-4-12/h1-4,7-8,10H,5-6H2. The first kappa shape index (κ1) is 15.9. The lowest BCUT2D eigenvalue weighted by atomic mass is 9.95. The molecule has 0 N–H and O–H groups in total. The zero-order valence-electron chi connectivity index (χ0n) is 12.9. The van der Waals surface area contributed by atoms with Gasteiger partial charge < -0.3 is 0 Å². The van der Waals surface area contributed by atoms with Crippen LogP contribution in [-0.2, 0) is 5.41 Å². The Bertz CT molecular complexity index is 975. The van der Waals surface area contributed by atoms with Crippen molar-refractivity contribution in [3.8, 4) is 17.3 Å². The van der Waals surface area contributed by atoms with E-state index in [1.807, 2.05) is 5.38 Å². The average molecular weight is 356 g/mol. The number of thiazole rings is 1. The Balaban J connectivity index is 1.74. The molecule has 0 atom stereocenters. The quantitative estimate of drug-likeness (QED) is 0.648. The first-order chi connectivity index (χ1) is 12.0. The molecule has 124 valence electrons. The van der Waals surface area contributed by atoms with Gasteiger partial charge in [-0.15, -0.1) is 11.3 Å². The number of hydrogen-bond acceptors (Lipinski definition) is 3. The molecule has 1 aliphatic carbocycles. The van der Waals surface area contributed by atoms with Gasteiger partial charge in [0.2, 0.25) is 0 Å². The van der Waals surface area contributed by atoms with Crippen LogP contribution in [0.5, 0.6) is 0 Å². The molecule has 1 aliphatic rings. The van der Waals surface area contributed by atoms with Crippen LogP contribution >= 0.6 is 11.3 Å². The maximum absolute atomic E-state index is 14.2. The number of hydrogen-bond donors (Lipinski definition) is 0. The Kier molecular flexibility index (Phi) is 3.62. The van der Waals surface area contributed by atoms with Crippen molar-refractivity contribution in [3.05, 3.63) is 75.4 Å². The molecule has 1 heterocycles. The summed E-state index contributed by atoms with van der Waals surface area (Å²) in [5, 5.41) is 11.3. The highest BCUT2D eigenvalue weighted by Gasteiger charge is 2.52. The van der Waals surface area contributed by atoms with Crippen LogP contribution in [0.2, 0.25) is 0 Å². The van der Waals surface area contributed by atoms with E-state index in [1.165, 1.54) is 11.3 Å². The number of benzene rings is 2. The molecule has 1 fully saturated rings. The fraction of sp³-hybridized carbons (Fsp3) is 0.158. The van der Waals surface area contributed by atoms with Crippen LogP contribution in [0.15, 0.2) is 41.8 Å². The summed E-state index contributed by atoms with van der Waals surface area (Å²) < 4.78 is 41.6. The van der Waals surface area contributed by atoms with Gasteiger partial charge in [-0.3, -0.25) is 0 Å². The fourth-order valence-corrected chi connectivity index (χ4v) is 4.13. The molecule has 0 saturated heterocycles. The van der Waals surface area contributed by atoms with E-state index >= 15 is 0 Å². The first-order valence-corrected chi connectivity index (χ1v) is 8.53. The molecule has 0 aliphatic heterocycles. The van der Waals surface area contributed by atoms with Gasteiger partial charge in [0.1, 0.15) is 22.5 Å². The van der Waals surface area contributed by atoms with Gasteiger partial charge in [-0.05, 0) is 25.0 Å². The van der Waals surface area contributed by atoms with Crippen LogP contribution in [0.3, 0.4) is 0 Å². The smallest absolute Gasteiger partial charge is 0.133 e. The predicted molar refractivity (Wildman–Crippen MR) is 88.6 cm³/mol. The number of rotatable bonds is 3. The minimum atomic E-state index is -0.924. The number of nitrogens with zero attached hydrogens (tertiary/aromatic N) is 2. The van der Waals surface area contributed by atoms with Crippen molar-refractivity contribution in [3.63, 3.8) is 0 Å². The van der Waals surface area contributed by atoms with E-state index in [0.717, 1.165) is 5.56 Å². The summed E-state index contributed by atoms with van der Waals surface area (Å²) in [6.07, 6.45) is 1.15. The molecule has 4 rings (SSSR count). The zero-order chi connectivity index (χ0) is 17.6. The average Bonchev–Trinajstić information content (AvgIpc) is 3.21. The molecule has 25 heavy (non-hydrogen) atoms. The number of aromatic nitrogens is 1. The second-order valence-electron chi connectivity index (χ2n) is 6.05. The van der Waals surface area contributed by atoms with Crippen molar-refractivity contribution in [1.82, 2.24) is 4.98 Å². The molecule has 0 unspecified atom stereocenters. The molecule has 2 aromatic carbocycles.